The van der Waals surface area contributed by atoms with Gasteiger partial charge in [0.05, 0.1) is 18.4 Å². The SMILES string of the molecule is O=C(O)C[C@H](NC(=O)[C@H]1CC(=O)N(Cc2ccccc2)C1)c1ccccc1. The molecule has 1 aliphatic heterocycles. The molecule has 6 heteroatoms. The van der Waals surface area contributed by atoms with Crippen LogP contribution in [0.4, 0.5) is 0 Å². The summed E-state index contributed by atoms with van der Waals surface area (Å²) in [4.78, 5) is 37.8. The van der Waals surface area contributed by atoms with Crippen molar-refractivity contribution in [3.8, 4) is 0 Å². The average molecular weight is 366 g/mol. The molecule has 140 valence electrons. The van der Waals surface area contributed by atoms with Crippen LogP contribution in [0.5, 0.6) is 0 Å². The molecular formula is C21H22N2O4. The average Bonchev–Trinajstić information content (AvgIpc) is 3.03. The van der Waals surface area contributed by atoms with Crippen molar-refractivity contribution in [1.82, 2.24) is 10.2 Å². The predicted octanol–water partition coefficient (Wildman–Crippen LogP) is 2.37. The Morgan fingerprint density at radius 2 is 1.70 bits per heavy atom. The molecular weight excluding hydrogens is 344 g/mol. The second-order valence-electron chi connectivity index (χ2n) is 6.73. The van der Waals surface area contributed by atoms with Gasteiger partial charge in [0.15, 0.2) is 0 Å². The number of carbonyl (C=O) groups is 3. The number of carboxylic acids is 1. The third-order valence-corrected chi connectivity index (χ3v) is 4.70. The number of amides is 2. The summed E-state index contributed by atoms with van der Waals surface area (Å²) >= 11 is 0. The van der Waals surface area contributed by atoms with Gasteiger partial charge in [0.2, 0.25) is 11.8 Å². The number of carbonyl (C=O) groups excluding carboxylic acids is 2. The number of hydrogen-bond donors (Lipinski definition) is 2. The van der Waals surface area contributed by atoms with Gasteiger partial charge >= 0.3 is 5.97 Å². The van der Waals surface area contributed by atoms with Gasteiger partial charge in [0, 0.05) is 19.5 Å². The lowest BCUT2D eigenvalue weighted by atomic mass is 10.0. The maximum atomic E-state index is 12.7. The molecule has 2 aromatic carbocycles. The summed E-state index contributed by atoms with van der Waals surface area (Å²) in [6.07, 6.45) is -0.0581. The van der Waals surface area contributed by atoms with Gasteiger partial charge in [-0.2, -0.15) is 0 Å². The molecule has 2 atom stereocenters. The van der Waals surface area contributed by atoms with Gasteiger partial charge in [-0.1, -0.05) is 60.7 Å². The highest BCUT2D eigenvalue weighted by Gasteiger charge is 2.35. The summed E-state index contributed by atoms with van der Waals surface area (Å²) in [6.45, 7) is 0.814. The first-order valence-corrected chi connectivity index (χ1v) is 8.91. The molecule has 0 spiro atoms. The molecule has 1 saturated heterocycles. The second kappa shape index (κ2) is 8.49. The van der Waals surface area contributed by atoms with Crippen LogP contribution in [-0.4, -0.2) is 34.3 Å². The van der Waals surface area contributed by atoms with Crippen LogP contribution >= 0.6 is 0 Å². The molecule has 0 bridgehead atoms. The summed E-state index contributed by atoms with van der Waals surface area (Å²) in [5.74, 6) is -1.80. The van der Waals surface area contributed by atoms with Crippen LogP contribution in [0.1, 0.15) is 30.0 Å². The fourth-order valence-electron chi connectivity index (χ4n) is 3.31. The lowest BCUT2D eigenvalue weighted by Gasteiger charge is -2.20. The first-order chi connectivity index (χ1) is 13.0. The lowest BCUT2D eigenvalue weighted by Crippen LogP contribution is -2.36. The van der Waals surface area contributed by atoms with Crippen LogP contribution in [0.2, 0.25) is 0 Å². The fraction of sp³-hybridized carbons (Fsp3) is 0.286. The summed E-state index contributed by atoms with van der Waals surface area (Å²) in [6, 6.07) is 18.0. The van der Waals surface area contributed by atoms with Crippen LogP contribution in [0, 0.1) is 5.92 Å². The smallest absolute Gasteiger partial charge is 0.305 e. The van der Waals surface area contributed by atoms with E-state index in [-0.39, 0.29) is 24.7 Å². The zero-order chi connectivity index (χ0) is 19.2. The number of aliphatic carboxylic acids is 1. The van der Waals surface area contributed by atoms with Gasteiger partial charge in [0.25, 0.3) is 0 Å². The van der Waals surface area contributed by atoms with E-state index in [0.717, 1.165) is 11.1 Å². The molecule has 1 heterocycles. The first kappa shape index (κ1) is 18.6. The van der Waals surface area contributed by atoms with E-state index >= 15 is 0 Å². The van der Waals surface area contributed by atoms with Crippen molar-refractivity contribution >= 4 is 17.8 Å². The molecule has 2 amide bonds. The quantitative estimate of drug-likeness (QED) is 0.788. The summed E-state index contributed by atoms with van der Waals surface area (Å²) < 4.78 is 0. The number of carboxylic acid groups (broad SMARTS) is 1. The third kappa shape index (κ3) is 4.94. The second-order valence-corrected chi connectivity index (χ2v) is 6.73. The Bertz CT molecular complexity index is 807. The minimum Gasteiger partial charge on any atom is -0.481 e. The van der Waals surface area contributed by atoms with E-state index in [4.69, 9.17) is 5.11 Å². The minimum absolute atomic E-state index is 0.0616. The highest BCUT2D eigenvalue weighted by molar-refractivity contribution is 5.89. The van der Waals surface area contributed by atoms with E-state index in [1.165, 1.54) is 0 Å². The van der Waals surface area contributed by atoms with E-state index < -0.39 is 17.9 Å². The van der Waals surface area contributed by atoms with Crippen molar-refractivity contribution in [2.75, 3.05) is 6.54 Å². The maximum absolute atomic E-state index is 12.7. The van der Waals surface area contributed by atoms with E-state index in [1.807, 2.05) is 36.4 Å². The standard InChI is InChI=1S/C21H22N2O4/c24-19-11-17(14-23(19)13-15-7-3-1-4-8-15)21(27)22-18(12-20(25)26)16-9-5-2-6-10-16/h1-10,17-18H,11-14H2,(H,22,27)(H,25,26)/t17-,18-/m0/s1. The molecule has 0 radical (unpaired) electrons. The van der Waals surface area contributed by atoms with Crippen LogP contribution < -0.4 is 5.32 Å². The highest BCUT2D eigenvalue weighted by atomic mass is 16.4. The zero-order valence-electron chi connectivity index (χ0n) is 14.9. The van der Waals surface area contributed by atoms with Crippen molar-refractivity contribution < 1.29 is 19.5 Å². The number of benzene rings is 2. The number of nitrogens with one attached hydrogen (secondary N) is 1. The minimum atomic E-state index is -0.989. The molecule has 6 nitrogen and oxygen atoms in total. The lowest BCUT2D eigenvalue weighted by molar-refractivity contribution is -0.138. The number of nitrogens with zero attached hydrogens (tertiary/aromatic N) is 1. The van der Waals surface area contributed by atoms with Crippen molar-refractivity contribution in [3.05, 3.63) is 71.8 Å². The Balaban J connectivity index is 1.64. The zero-order valence-corrected chi connectivity index (χ0v) is 14.9. The molecule has 1 aliphatic rings. The van der Waals surface area contributed by atoms with Gasteiger partial charge < -0.3 is 15.3 Å². The topological polar surface area (TPSA) is 86.7 Å². The first-order valence-electron chi connectivity index (χ1n) is 8.91. The van der Waals surface area contributed by atoms with Crippen molar-refractivity contribution in [3.63, 3.8) is 0 Å². The fourth-order valence-corrected chi connectivity index (χ4v) is 3.31. The Kier molecular flexibility index (Phi) is 5.86. The van der Waals surface area contributed by atoms with Crippen LogP contribution in [-0.2, 0) is 20.9 Å². The van der Waals surface area contributed by atoms with Gasteiger partial charge in [-0.05, 0) is 11.1 Å². The summed E-state index contributed by atoms with van der Waals surface area (Å²) in [7, 11) is 0. The normalized spacial score (nSPS) is 17.6. The monoisotopic (exact) mass is 366 g/mol. The largest absolute Gasteiger partial charge is 0.481 e. The van der Waals surface area contributed by atoms with E-state index in [1.54, 1.807) is 29.2 Å². The van der Waals surface area contributed by atoms with Crippen molar-refractivity contribution in [2.24, 2.45) is 5.92 Å². The highest BCUT2D eigenvalue weighted by Crippen LogP contribution is 2.23. The molecule has 2 aromatic rings. The maximum Gasteiger partial charge on any atom is 0.305 e. The van der Waals surface area contributed by atoms with Crippen LogP contribution in [0.15, 0.2) is 60.7 Å². The Hall–Kier alpha value is -3.15. The van der Waals surface area contributed by atoms with Gasteiger partial charge in [0.1, 0.15) is 0 Å². The van der Waals surface area contributed by atoms with Gasteiger partial charge in [-0.25, -0.2) is 0 Å². The Labute approximate surface area is 157 Å². The molecule has 0 unspecified atom stereocenters. The van der Waals surface area contributed by atoms with Crippen molar-refractivity contribution in [1.29, 1.82) is 0 Å². The number of likely N-dealkylation sites (tertiary alicyclic amines) is 1. The predicted molar refractivity (Wildman–Crippen MR) is 99.5 cm³/mol. The molecule has 0 saturated carbocycles. The van der Waals surface area contributed by atoms with E-state index in [0.29, 0.717) is 13.1 Å². The molecule has 27 heavy (non-hydrogen) atoms. The Morgan fingerprint density at radius 3 is 2.33 bits per heavy atom. The third-order valence-electron chi connectivity index (χ3n) is 4.70. The molecule has 1 fully saturated rings. The molecule has 3 rings (SSSR count). The summed E-state index contributed by atoms with van der Waals surface area (Å²) in [5, 5.41) is 12.0. The van der Waals surface area contributed by atoms with Crippen LogP contribution in [0.25, 0.3) is 0 Å². The molecule has 0 aliphatic carbocycles. The van der Waals surface area contributed by atoms with Crippen molar-refractivity contribution in [2.45, 2.75) is 25.4 Å². The van der Waals surface area contributed by atoms with Crippen LogP contribution in [0.3, 0.4) is 0 Å². The summed E-state index contributed by atoms with van der Waals surface area (Å²) in [5.41, 5.74) is 1.75. The molecule has 0 aromatic heterocycles. The van der Waals surface area contributed by atoms with Gasteiger partial charge in [-0.3, -0.25) is 14.4 Å². The van der Waals surface area contributed by atoms with Gasteiger partial charge in [-0.15, -0.1) is 0 Å². The number of rotatable bonds is 7. The number of hydrogen-bond acceptors (Lipinski definition) is 3. The molecule has 2 N–H and O–H groups in total. The Morgan fingerprint density at radius 1 is 1.07 bits per heavy atom. The van der Waals surface area contributed by atoms with E-state index in [9.17, 15) is 14.4 Å². The van der Waals surface area contributed by atoms with E-state index in [2.05, 4.69) is 5.32 Å².